The van der Waals surface area contributed by atoms with Crippen molar-refractivity contribution < 1.29 is 38.9 Å². The van der Waals surface area contributed by atoms with Crippen LogP contribution in [0.25, 0.3) is 0 Å². The standard InChI is InChI=1S/C9H9F3O6S2/c1-17-7-5-6(3-4-8(7)19(2,13)14)18-20(15,16)9(10,11)12/h3-5H,1-2H3. The van der Waals surface area contributed by atoms with Gasteiger partial charge in [-0.05, 0) is 12.1 Å². The lowest BCUT2D eigenvalue weighted by atomic mass is 10.3. The van der Waals surface area contributed by atoms with Crippen LogP contribution in [0.15, 0.2) is 23.1 Å². The van der Waals surface area contributed by atoms with Gasteiger partial charge in [-0.3, -0.25) is 0 Å². The number of ether oxygens (including phenoxy) is 1. The number of hydrogen-bond acceptors (Lipinski definition) is 6. The van der Waals surface area contributed by atoms with Crippen LogP contribution in [0.5, 0.6) is 11.5 Å². The fraction of sp³-hybridized carbons (Fsp3) is 0.333. The Morgan fingerprint density at radius 1 is 1.10 bits per heavy atom. The fourth-order valence-electron chi connectivity index (χ4n) is 1.18. The number of hydrogen-bond donors (Lipinski definition) is 0. The molecule has 1 aromatic rings. The summed E-state index contributed by atoms with van der Waals surface area (Å²) < 4.78 is 89.2. The molecule has 0 spiro atoms. The van der Waals surface area contributed by atoms with Crippen molar-refractivity contribution in [2.24, 2.45) is 0 Å². The van der Waals surface area contributed by atoms with Gasteiger partial charge in [-0.25, -0.2) is 8.42 Å². The van der Waals surface area contributed by atoms with E-state index in [2.05, 4.69) is 8.92 Å². The van der Waals surface area contributed by atoms with Gasteiger partial charge < -0.3 is 8.92 Å². The Hall–Kier alpha value is -1.49. The van der Waals surface area contributed by atoms with E-state index in [4.69, 9.17) is 0 Å². The van der Waals surface area contributed by atoms with Crippen molar-refractivity contribution in [3.63, 3.8) is 0 Å². The summed E-state index contributed by atoms with van der Waals surface area (Å²) in [5.74, 6) is -1.05. The molecule has 0 atom stereocenters. The molecule has 0 radical (unpaired) electrons. The molecular formula is C9H9F3O6S2. The number of sulfone groups is 1. The lowest BCUT2D eigenvalue weighted by Gasteiger charge is -2.12. The molecule has 114 valence electrons. The second-order valence-electron chi connectivity index (χ2n) is 3.57. The summed E-state index contributed by atoms with van der Waals surface area (Å²) in [6.45, 7) is 0. The molecule has 0 saturated carbocycles. The van der Waals surface area contributed by atoms with Gasteiger partial charge in [0.1, 0.15) is 16.4 Å². The number of alkyl halides is 3. The zero-order chi connectivity index (χ0) is 15.8. The number of benzene rings is 1. The van der Waals surface area contributed by atoms with Crippen LogP contribution < -0.4 is 8.92 Å². The van der Waals surface area contributed by atoms with Crippen molar-refractivity contribution in [1.29, 1.82) is 0 Å². The van der Waals surface area contributed by atoms with E-state index in [9.17, 15) is 30.0 Å². The van der Waals surface area contributed by atoms with Crippen molar-refractivity contribution in [1.82, 2.24) is 0 Å². The quantitative estimate of drug-likeness (QED) is 0.610. The topological polar surface area (TPSA) is 86.7 Å². The van der Waals surface area contributed by atoms with Gasteiger partial charge in [0.25, 0.3) is 0 Å². The molecular weight excluding hydrogens is 325 g/mol. The highest BCUT2D eigenvalue weighted by Crippen LogP contribution is 2.32. The maximum absolute atomic E-state index is 12.1. The summed E-state index contributed by atoms with van der Waals surface area (Å²) >= 11 is 0. The summed E-state index contributed by atoms with van der Waals surface area (Å²) in [5, 5.41) is 0. The van der Waals surface area contributed by atoms with Crippen molar-refractivity contribution in [3.05, 3.63) is 18.2 Å². The second kappa shape index (κ2) is 5.13. The molecule has 0 aliphatic heterocycles. The van der Waals surface area contributed by atoms with Crippen LogP contribution in [0.2, 0.25) is 0 Å². The summed E-state index contributed by atoms with van der Waals surface area (Å²) in [5.41, 5.74) is -5.59. The number of rotatable bonds is 4. The highest BCUT2D eigenvalue weighted by Gasteiger charge is 2.48. The molecule has 0 bridgehead atoms. The summed E-state index contributed by atoms with van der Waals surface area (Å²) in [6.07, 6.45) is 0.859. The van der Waals surface area contributed by atoms with Gasteiger partial charge in [0.15, 0.2) is 9.84 Å². The first-order chi connectivity index (χ1) is 8.88. The third kappa shape index (κ3) is 3.54. The smallest absolute Gasteiger partial charge is 0.495 e. The van der Waals surface area contributed by atoms with Crippen LogP contribution in [-0.4, -0.2) is 35.7 Å². The Morgan fingerprint density at radius 2 is 1.65 bits per heavy atom. The molecule has 20 heavy (non-hydrogen) atoms. The highest BCUT2D eigenvalue weighted by molar-refractivity contribution is 7.90. The third-order valence-corrected chi connectivity index (χ3v) is 4.14. The van der Waals surface area contributed by atoms with E-state index in [1.165, 1.54) is 0 Å². The van der Waals surface area contributed by atoms with E-state index in [-0.39, 0.29) is 10.6 Å². The monoisotopic (exact) mass is 334 g/mol. The number of halogens is 3. The van der Waals surface area contributed by atoms with Gasteiger partial charge in [-0.15, -0.1) is 0 Å². The van der Waals surface area contributed by atoms with E-state index in [1.54, 1.807) is 0 Å². The van der Waals surface area contributed by atoms with Crippen LogP contribution in [0.4, 0.5) is 13.2 Å². The molecule has 1 aromatic carbocycles. The number of methoxy groups -OCH3 is 1. The van der Waals surface area contributed by atoms with Gasteiger partial charge in [0, 0.05) is 12.3 Å². The normalized spacial score (nSPS) is 13.1. The Morgan fingerprint density at radius 3 is 2.05 bits per heavy atom. The van der Waals surface area contributed by atoms with E-state index in [0.29, 0.717) is 0 Å². The maximum Gasteiger partial charge on any atom is 0.534 e. The van der Waals surface area contributed by atoms with Gasteiger partial charge >= 0.3 is 15.6 Å². The van der Waals surface area contributed by atoms with E-state index in [1.807, 2.05) is 0 Å². The Bertz CT molecular complexity index is 706. The minimum Gasteiger partial charge on any atom is -0.495 e. The molecule has 0 aromatic heterocycles. The fourth-order valence-corrected chi connectivity index (χ4v) is 2.45. The van der Waals surface area contributed by atoms with Crippen molar-refractivity contribution >= 4 is 20.0 Å². The van der Waals surface area contributed by atoms with Crippen molar-refractivity contribution in [3.8, 4) is 11.5 Å². The molecule has 0 amide bonds. The molecule has 11 heteroatoms. The van der Waals surface area contributed by atoms with Crippen molar-refractivity contribution in [2.45, 2.75) is 10.4 Å². The highest BCUT2D eigenvalue weighted by atomic mass is 32.2. The molecule has 0 fully saturated rings. The first-order valence-corrected chi connectivity index (χ1v) is 8.07. The summed E-state index contributed by atoms with van der Waals surface area (Å²) in [6, 6.07) is 2.40. The minimum absolute atomic E-state index is 0.309. The van der Waals surface area contributed by atoms with Gasteiger partial charge in [0.05, 0.1) is 7.11 Å². The van der Waals surface area contributed by atoms with Crippen LogP contribution >= 0.6 is 0 Å². The van der Waals surface area contributed by atoms with Crippen LogP contribution in [0, 0.1) is 0 Å². The molecule has 0 N–H and O–H groups in total. The van der Waals surface area contributed by atoms with Crippen LogP contribution in [-0.2, 0) is 20.0 Å². The predicted octanol–water partition coefficient (Wildman–Crippen LogP) is 1.33. The minimum atomic E-state index is -5.83. The second-order valence-corrected chi connectivity index (χ2v) is 7.09. The van der Waals surface area contributed by atoms with E-state index >= 15 is 0 Å². The first kappa shape index (κ1) is 16.6. The average Bonchev–Trinajstić information content (AvgIpc) is 2.25. The maximum atomic E-state index is 12.1. The van der Waals surface area contributed by atoms with Crippen LogP contribution in [0.3, 0.4) is 0 Å². The van der Waals surface area contributed by atoms with E-state index < -0.39 is 31.2 Å². The molecule has 1 rings (SSSR count). The molecule has 0 aliphatic rings. The molecule has 6 nitrogen and oxygen atoms in total. The molecule has 0 heterocycles. The van der Waals surface area contributed by atoms with Gasteiger partial charge in [-0.2, -0.15) is 21.6 Å². The first-order valence-electron chi connectivity index (χ1n) is 4.77. The Labute approximate surface area is 113 Å². The van der Waals surface area contributed by atoms with Crippen molar-refractivity contribution in [2.75, 3.05) is 13.4 Å². The van der Waals surface area contributed by atoms with Gasteiger partial charge in [-0.1, -0.05) is 0 Å². The third-order valence-electron chi connectivity index (χ3n) is 2.02. The molecule has 0 unspecified atom stereocenters. The Kier molecular flexibility index (Phi) is 4.25. The van der Waals surface area contributed by atoms with Gasteiger partial charge in [0.2, 0.25) is 0 Å². The average molecular weight is 334 g/mol. The summed E-state index contributed by atoms with van der Waals surface area (Å²) in [4.78, 5) is -0.309. The molecule has 0 saturated heterocycles. The molecule has 0 aliphatic carbocycles. The Balaban J connectivity index is 3.26. The van der Waals surface area contributed by atoms with E-state index in [0.717, 1.165) is 31.6 Å². The predicted molar refractivity (Wildman–Crippen MR) is 61.7 cm³/mol. The largest absolute Gasteiger partial charge is 0.534 e. The zero-order valence-corrected chi connectivity index (χ0v) is 11.8. The lowest BCUT2D eigenvalue weighted by molar-refractivity contribution is -0.0500. The lowest BCUT2D eigenvalue weighted by Crippen LogP contribution is -2.28. The SMILES string of the molecule is COc1cc(OS(=O)(=O)C(F)(F)F)ccc1S(C)(=O)=O. The van der Waals surface area contributed by atoms with Crippen LogP contribution in [0.1, 0.15) is 0 Å². The zero-order valence-electron chi connectivity index (χ0n) is 10.1. The summed E-state index contributed by atoms with van der Waals surface area (Å²) in [7, 11) is -8.44.